The summed E-state index contributed by atoms with van der Waals surface area (Å²) >= 11 is 0. The zero-order chi connectivity index (χ0) is 18.7. The zero-order valence-corrected chi connectivity index (χ0v) is 15.1. The van der Waals surface area contributed by atoms with Crippen LogP contribution < -0.4 is 14.8 Å². The molecule has 134 valence electrons. The summed E-state index contributed by atoms with van der Waals surface area (Å²) in [6.07, 6.45) is 0. The second-order valence-electron chi connectivity index (χ2n) is 5.68. The number of sulfonamides is 1. The molecule has 0 aliphatic carbocycles. The van der Waals surface area contributed by atoms with Gasteiger partial charge in [-0.25, -0.2) is 8.42 Å². The smallest absolute Gasteiger partial charge is 0.262 e. The number of benzene rings is 3. The first-order valence-electron chi connectivity index (χ1n) is 7.87. The van der Waals surface area contributed by atoms with Gasteiger partial charge in [0.05, 0.1) is 23.4 Å². The Kier molecular flexibility index (Phi) is 4.81. The molecule has 2 N–H and O–H groups in total. The number of anilines is 2. The average Bonchev–Trinajstić information content (AvgIpc) is 2.61. The molecule has 0 atom stereocenters. The number of carbonyl (C=O) groups excluding carboxylic acids is 1. The Morgan fingerprint density at radius 3 is 2.42 bits per heavy atom. The lowest BCUT2D eigenvalue weighted by Gasteiger charge is -2.13. The highest BCUT2D eigenvalue weighted by Crippen LogP contribution is 2.30. The van der Waals surface area contributed by atoms with Crippen LogP contribution in [0.25, 0.3) is 10.8 Å². The Hall–Kier alpha value is -3.06. The molecule has 6 nitrogen and oxygen atoms in total. The Balaban J connectivity index is 1.99. The van der Waals surface area contributed by atoms with Crippen LogP contribution in [-0.4, -0.2) is 21.4 Å². The molecule has 0 aromatic heterocycles. The van der Waals surface area contributed by atoms with Crippen molar-refractivity contribution in [3.05, 3.63) is 60.7 Å². The van der Waals surface area contributed by atoms with Crippen LogP contribution in [0.1, 0.15) is 6.92 Å². The standard InChI is InChI=1S/C19H18N2O4S/c1-13(22)20-18-11-10-15(12-19(18)25-2)26(23,24)21-17-9-5-7-14-6-3-4-8-16(14)17/h3-12,21H,1-2H3,(H,20,22). The SMILES string of the molecule is COc1cc(S(=O)(=O)Nc2cccc3ccccc23)ccc1NC(C)=O. The van der Waals surface area contributed by atoms with Crippen LogP contribution in [0.4, 0.5) is 11.4 Å². The second-order valence-corrected chi connectivity index (χ2v) is 7.36. The molecule has 0 saturated carbocycles. The van der Waals surface area contributed by atoms with Gasteiger partial charge in [0.2, 0.25) is 5.91 Å². The molecule has 0 bridgehead atoms. The van der Waals surface area contributed by atoms with Gasteiger partial charge in [0.1, 0.15) is 5.75 Å². The maximum atomic E-state index is 12.8. The fourth-order valence-electron chi connectivity index (χ4n) is 2.65. The normalized spacial score (nSPS) is 11.2. The molecular weight excluding hydrogens is 352 g/mol. The molecule has 0 aliphatic heterocycles. The lowest BCUT2D eigenvalue weighted by atomic mass is 10.1. The Morgan fingerprint density at radius 1 is 0.962 bits per heavy atom. The monoisotopic (exact) mass is 370 g/mol. The molecule has 0 radical (unpaired) electrons. The third-order valence-electron chi connectivity index (χ3n) is 3.83. The van der Waals surface area contributed by atoms with E-state index in [0.717, 1.165) is 10.8 Å². The Labute approximate surface area is 151 Å². The molecule has 0 aliphatic rings. The first kappa shape index (κ1) is 17.8. The van der Waals surface area contributed by atoms with E-state index in [1.54, 1.807) is 12.1 Å². The summed E-state index contributed by atoms with van der Waals surface area (Å²) < 4.78 is 33.4. The third kappa shape index (κ3) is 3.62. The third-order valence-corrected chi connectivity index (χ3v) is 5.19. The van der Waals surface area contributed by atoms with Crippen LogP contribution in [0.3, 0.4) is 0 Å². The van der Waals surface area contributed by atoms with E-state index in [1.807, 2.05) is 30.3 Å². The van der Waals surface area contributed by atoms with Gasteiger partial charge < -0.3 is 10.1 Å². The molecule has 7 heteroatoms. The summed E-state index contributed by atoms with van der Waals surface area (Å²) in [6.45, 7) is 1.37. The van der Waals surface area contributed by atoms with Gasteiger partial charge in [-0.2, -0.15) is 0 Å². The fraction of sp³-hybridized carbons (Fsp3) is 0.105. The van der Waals surface area contributed by atoms with Gasteiger partial charge in [0.15, 0.2) is 0 Å². The summed E-state index contributed by atoms with van der Waals surface area (Å²) in [4.78, 5) is 11.3. The van der Waals surface area contributed by atoms with E-state index in [9.17, 15) is 13.2 Å². The van der Waals surface area contributed by atoms with Crippen LogP contribution in [0.5, 0.6) is 5.75 Å². The molecule has 0 spiro atoms. The van der Waals surface area contributed by atoms with Gasteiger partial charge in [0, 0.05) is 18.4 Å². The van der Waals surface area contributed by atoms with Crippen molar-refractivity contribution in [2.45, 2.75) is 11.8 Å². The number of hydrogen-bond acceptors (Lipinski definition) is 4. The number of fused-ring (bicyclic) bond motifs is 1. The lowest BCUT2D eigenvalue weighted by molar-refractivity contribution is -0.114. The quantitative estimate of drug-likeness (QED) is 0.719. The van der Waals surface area contributed by atoms with Crippen LogP contribution >= 0.6 is 0 Å². The summed E-state index contributed by atoms with van der Waals surface area (Å²) in [7, 11) is -2.41. The van der Waals surface area contributed by atoms with Gasteiger partial charge in [-0.3, -0.25) is 9.52 Å². The van der Waals surface area contributed by atoms with Crippen molar-refractivity contribution in [2.24, 2.45) is 0 Å². The van der Waals surface area contributed by atoms with E-state index in [4.69, 9.17) is 4.74 Å². The zero-order valence-electron chi connectivity index (χ0n) is 14.3. The Morgan fingerprint density at radius 2 is 1.69 bits per heavy atom. The van der Waals surface area contributed by atoms with Crippen molar-refractivity contribution in [2.75, 3.05) is 17.1 Å². The summed E-state index contributed by atoms with van der Waals surface area (Å²) in [5.74, 6) is -0.00576. The average molecular weight is 370 g/mol. The fourth-order valence-corrected chi connectivity index (χ4v) is 3.74. The molecule has 0 fully saturated rings. The number of hydrogen-bond donors (Lipinski definition) is 2. The number of methoxy groups -OCH3 is 1. The van der Waals surface area contributed by atoms with Crippen molar-refractivity contribution in [3.63, 3.8) is 0 Å². The summed E-state index contributed by atoms with van der Waals surface area (Å²) in [5.41, 5.74) is 0.900. The minimum absolute atomic E-state index is 0.0383. The first-order valence-corrected chi connectivity index (χ1v) is 9.35. The molecule has 26 heavy (non-hydrogen) atoms. The van der Waals surface area contributed by atoms with E-state index >= 15 is 0 Å². The predicted octanol–water partition coefficient (Wildman–Crippen LogP) is 3.61. The van der Waals surface area contributed by atoms with Gasteiger partial charge in [0.25, 0.3) is 10.0 Å². The highest BCUT2D eigenvalue weighted by Gasteiger charge is 2.18. The molecular formula is C19H18N2O4S. The second kappa shape index (κ2) is 7.05. The van der Waals surface area contributed by atoms with Gasteiger partial charge in [-0.05, 0) is 23.6 Å². The van der Waals surface area contributed by atoms with Crippen molar-refractivity contribution in [1.82, 2.24) is 0 Å². The van der Waals surface area contributed by atoms with Gasteiger partial charge in [-0.15, -0.1) is 0 Å². The minimum atomic E-state index is -3.83. The maximum absolute atomic E-state index is 12.8. The van der Waals surface area contributed by atoms with Gasteiger partial charge >= 0.3 is 0 Å². The molecule has 0 saturated heterocycles. The van der Waals surface area contributed by atoms with E-state index in [2.05, 4.69) is 10.0 Å². The molecule has 3 aromatic rings. The van der Waals surface area contributed by atoms with E-state index < -0.39 is 10.0 Å². The number of carbonyl (C=O) groups is 1. The predicted molar refractivity (Wildman–Crippen MR) is 102 cm³/mol. The molecule has 3 aromatic carbocycles. The number of nitrogens with one attached hydrogen (secondary N) is 2. The maximum Gasteiger partial charge on any atom is 0.262 e. The molecule has 3 rings (SSSR count). The van der Waals surface area contributed by atoms with Crippen LogP contribution in [0.15, 0.2) is 65.6 Å². The lowest BCUT2D eigenvalue weighted by Crippen LogP contribution is -2.14. The highest BCUT2D eigenvalue weighted by molar-refractivity contribution is 7.92. The Bertz CT molecular complexity index is 1070. The topological polar surface area (TPSA) is 84.5 Å². The minimum Gasteiger partial charge on any atom is -0.495 e. The summed E-state index contributed by atoms with van der Waals surface area (Å²) in [5, 5.41) is 4.34. The van der Waals surface area contributed by atoms with Crippen LogP contribution in [-0.2, 0) is 14.8 Å². The van der Waals surface area contributed by atoms with E-state index in [0.29, 0.717) is 11.4 Å². The van der Waals surface area contributed by atoms with E-state index in [1.165, 1.54) is 32.2 Å². The van der Waals surface area contributed by atoms with Crippen molar-refractivity contribution in [1.29, 1.82) is 0 Å². The highest BCUT2D eigenvalue weighted by atomic mass is 32.2. The van der Waals surface area contributed by atoms with Crippen molar-refractivity contribution < 1.29 is 17.9 Å². The van der Waals surface area contributed by atoms with Gasteiger partial charge in [-0.1, -0.05) is 36.4 Å². The largest absolute Gasteiger partial charge is 0.495 e. The van der Waals surface area contributed by atoms with E-state index in [-0.39, 0.29) is 16.6 Å². The first-order chi connectivity index (χ1) is 12.4. The number of ether oxygens (including phenoxy) is 1. The molecule has 0 heterocycles. The van der Waals surface area contributed by atoms with Crippen LogP contribution in [0, 0.1) is 0 Å². The molecule has 0 unspecified atom stereocenters. The summed E-state index contributed by atoms with van der Waals surface area (Å²) in [6, 6.07) is 17.2. The van der Waals surface area contributed by atoms with Crippen molar-refractivity contribution >= 4 is 38.1 Å². The van der Waals surface area contributed by atoms with Crippen LogP contribution in [0.2, 0.25) is 0 Å². The number of amides is 1. The van der Waals surface area contributed by atoms with Crippen molar-refractivity contribution in [3.8, 4) is 5.75 Å². The number of rotatable bonds is 5. The molecule has 1 amide bonds.